The molecule has 0 saturated heterocycles. The molecule has 132 valence electrons. The predicted molar refractivity (Wildman–Crippen MR) is 97.2 cm³/mol. The van der Waals surface area contributed by atoms with Gasteiger partial charge in [0.25, 0.3) is 5.91 Å². The van der Waals surface area contributed by atoms with Gasteiger partial charge in [-0.3, -0.25) is 9.69 Å². The summed E-state index contributed by atoms with van der Waals surface area (Å²) < 4.78 is 22.5. The van der Waals surface area contributed by atoms with Crippen LogP contribution in [0, 0.1) is 0 Å². The van der Waals surface area contributed by atoms with Crippen molar-refractivity contribution in [1.29, 1.82) is 0 Å². The number of nitrogens with one attached hydrogen (secondary N) is 2. The second-order valence-corrected chi connectivity index (χ2v) is 8.76. The lowest BCUT2D eigenvalue weighted by Gasteiger charge is -2.19. The molecule has 0 bridgehead atoms. The first-order valence-corrected chi connectivity index (χ1v) is 10.0. The van der Waals surface area contributed by atoms with Crippen LogP contribution in [0.3, 0.4) is 0 Å². The Morgan fingerprint density at radius 1 is 1.38 bits per heavy atom. The van der Waals surface area contributed by atoms with E-state index in [9.17, 15) is 13.2 Å². The van der Waals surface area contributed by atoms with Crippen molar-refractivity contribution in [3.8, 4) is 0 Å². The lowest BCUT2D eigenvalue weighted by Crippen LogP contribution is -2.36. The molecule has 2 aromatic rings. The minimum atomic E-state index is -3.03. The van der Waals surface area contributed by atoms with Crippen LogP contribution in [0.15, 0.2) is 24.3 Å². The van der Waals surface area contributed by atoms with Crippen molar-refractivity contribution in [3.63, 3.8) is 0 Å². The van der Waals surface area contributed by atoms with Crippen LogP contribution in [0.5, 0.6) is 0 Å². The quantitative estimate of drug-likeness (QED) is 0.782. The van der Waals surface area contributed by atoms with Crippen LogP contribution in [-0.4, -0.2) is 56.0 Å². The number of carbonyl (C=O) groups excluding carboxylic acids is 1. The molecule has 1 atom stereocenters. The Morgan fingerprint density at radius 2 is 2.08 bits per heavy atom. The van der Waals surface area contributed by atoms with E-state index in [1.54, 1.807) is 30.1 Å². The molecule has 8 heteroatoms. The number of hydrogen-bond acceptors (Lipinski definition) is 4. The Kier molecular flexibility index (Phi) is 5.90. The number of rotatable bonds is 7. The molecule has 0 spiro atoms. The van der Waals surface area contributed by atoms with E-state index in [1.807, 2.05) is 13.0 Å². The second kappa shape index (κ2) is 7.55. The van der Waals surface area contributed by atoms with Crippen LogP contribution in [-0.2, 0) is 9.84 Å². The fourth-order valence-corrected chi connectivity index (χ4v) is 3.59. The highest BCUT2D eigenvalue weighted by Crippen LogP contribution is 2.20. The number of nitrogens with zero attached hydrogens (tertiary/aromatic N) is 1. The molecule has 1 aromatic heterocycles. The molecule has 0 saturated carbocycles. The summed E-state index contributed by atoms with van der Waals surface area (Å²) in [4.78, 5) is 17.1. The van der Waals surface area contributed by atoms with Gasteiger partial charge in [0.2, 0.25) is 0 Å². The fraction of sp³-hybridized carbons (Fsp3) is 0.438. The lowest BCUT2D eigenvalue weighted by molar-refractivity contribution is 0.0932. The van der Waals surface area contributed by atoms with Crippen molar-refractivity contribution in [1.82, 2.24) is 15.2 Å². The highest BCUT2D eigenvalue weighted by Gasteiger charge is 2.14. The molecule has 0 radical (unpaired) electrons. The largest absolute Gasteiger partial charge is 0.351 e. The third-order valence-electron chi connectivity index (χ3n) is 3.60. The Labute approximate surface area is 147 Å². The molecule has 24 heavy (non-hydrogen) atoms. The Hall–Kier alpha value is -1.57. The molecular formula is C16H22ClN3O3S. The monoisotopic (exact) mass is 371 g/mol. The molecule has 2 rings (SSSR count). The van der Waals surface area contributed by atoms with E-state index in [4.69, 9.17) is 11.6 Å². The molecule has 0 aliphatic heterocycles. The highest BCUT2D eigenvalue weighted by molar-refractivity contribution is 7.90. The Morgan fingerprint density at radius 3 is 2.75 bits per heavy atom. The van der Waals surface area contributed by atoms with Gasteiger partial charge in [0.15, 0.2) is 9.84 Å². The summed E-state index contributed by atoms with van der Waals surface area (Å²) in [6.45, 7) is 2.47. The minimum Gasteiger partial charge on any atom is -0.351 e. The van der Waals surface area contributed by atoms with Crippen molar-refractivity contribution in [2.45, 2.75) is 19.4 Å². The molecule has 1 unspecified atom stereocenters. The number of amides is 1. The van der Waals surface area contributed by atoms with Gasteiger partial charge in [-0.2, -0.15) is 0 Å². The summed E-state index contributed by atoms with van der Waals surface area (Å²) in [5.74, 6) is -0.184. The van der Waals surface area contributed by atoms with Crippen LogP contribution in [0.2, 0.25) is 5.02 Å². The third kappa shape index (κ3) is 5.51. The maximum atomic E-state index is 12.3. The summed E-state index contributed by atoms with van der Waals surface area (Å²) in [6, 6.07) is 7.09. The van der Waals surface area contributed by atoms with E-state index in [1.165, 1.54) is 6.26 Å². The molecule has 2 N–H and O–H groups in total. The first kappa shape index (κ1) is 18.8. The fourth-order valence-electron chi connectivity index (χ4n) is 2.48. The van der Waals surface area contributed by atoms with E-state index in [-0.39, 0.29) is 17.8 Å². The second-order valence-electron chi connectivity index (χ2n) is 6.21. The van der Waals surface area contributed by atoms with Crippen LogP contribution in [0.1, 0.15) is 23.8 Å². The number of hydrogen-bond donors (Lipinski definition) is 2. The maximum absolute atomic E-state index is 12.3. The van der Waals surface area contributed by atoms with E-state index < -0.39 is 9.84 Å². The molecule has 6 nitrogen and oxygen atoms in total. The highest BCUT2D eigenvalue weighted by atomic mass is 35.5. The number of halogens is 1. The van der Waals surface area contributed by atoms with E-state index in [0.29, 0.717) is 23.7 Å². The van der Waals surface area contributed by atoms with Gasteiger partial charge in [-0.05, 0) is 44.7 Å². The van der Waals surface area contributed by atoms with E-state index in [0.717, 1.165) is 10.9 Å². The molecule has 1 amide bonds. The summed E-state index contributed by atoms with van der Waals surface area (Å²) in [5, 5.41) is 4.41. The van der Waals surface area contributed by atoms with Crippen molar-refractivity contribution in [2.24, 2.45) is 0 Å². The number of sulfone groups is 1. The van der Waals surface area contributed by atoms with Crippen molar-refractivity contribution >= 4 is 38.2 Å². The van der Waals surface area contributed by atoms with Crippen molar-refractivity contribution in [2.75, 3.05) is 25.7 Å². The average Bonchev–Trinajstić information content (AvgIpc) is 2.86. The molecule has 1 aromatic carbocycles. The first-order valence-electron chi connectivity index (χ1n) is 7.59. The normalized spacial score (nSPS) is 13.4. The lowest BCUT2D eigenvalue weighted by atomic mass is 10.2. The third-order valence-corrected chi connectivity index (χ3v) is 4.75. The smallest absolute Gasteiger partial charge is 0.267 e. The molecule has 1 heterocycles. The van der Waals surface area contributed by atoms with Gasteiger partial charge < -0.3 is 10.3 Å². The van der Waals surface area contributed by atoms with Gasteiger partial charge in [0.1, 0.15) is 11.6 Å². The average molecular weight is 372 g/mol. The topological polar surface area (TPSA) is 82.3 Å². The molecular weight excluding hydrogens is 350 g/mol. The SMILES string of the molecule is CC(CCN(C)CS(C)(=O)=O)NC(=O)c1cc2cc(Cl)ccc2[nH]1. The number of carbonyl (C=O) groups is 1. The first-order chi connectivity index (χ1) is 11.1. The number of fused-ring (bicyclic) bond motifs is 1. The number of H-pyrrole nitrogens is 1. The summed E-state index contributed by atoms with van der Waals surface area (Å²) >= 11 is 5.95. The van der Waals surface area contributed by atoms with E-state index >= 15 is 0 Å². The molecule has 0 aliphatic rings. The van der Waals surface area contributed by atoms with Gasteiger partial charge in [0, 0.05) is 34.8 Å². The van der Waals surface area contributed by atoms with Gasteiger partial charge in [0.05, 0.1) is 0 Å². The zero-order valence-corrected chi connectivity index (χ0v) is 15.5. The summed E-state index contributed by atoms with van der Waals surface area (Å²) in [6.07, 6.45) is 1.86. The van der Waals surface area contributed by atoms with Crippen LogP contribution in [0.25, 0.3) is 10.9 Å². The van der Waals surface area contributed by atoms with E-state index in [2.05, 4.69) is 10.3 Å². The minimum absolute atomic E-state index is 0.0104. The van der Waals surface area contributed by atoms with Crippen molar-refractivity contribution in [3.05, 3.63) is 35.0 Å². The Balaban J connectivity index is 1.90. The van der Waals surface area contributed by atoms with Gasteiger partial charge >= 0.3 is 0 Å². The number of aromatic nitrogens is 1. The number of aromatic amines is 1. The van der Waals surface area contributed by atoms with Gasteiger partial charge in [-0.1, -0.05) is 11.6 Å². The van der Waals surface area contributed by atoms with Crippen LogP contribution < -0.4 is 5.32 Å². The molecule has 0 fully saturated rings. The van der Waals surface area contributed by atoms with Crippen LogP contribution >= 0.6 is 11.6 Å². The summed E-state index contributed by atoms with van der Waals surface area (Å²) in [5.41, 5.74) is 1.33. The zero-order chi connectivity index (χ0) is 17.9. The van der Waals surface area contributed by atoms with Crippen LogP contribution in [0.4, 0.5) is 0 Å². The maximum Gasteiger partial charge on any atom is 0.267 e. The standard InChI is InChI=1S/C16H22ClN3O3S/c1-11(6-7-20(2)10-24(3,22)23)18-16(21)15-9-12-8-13(17)4-5-14(12)19-15/h4-5,8-9,11,19H,6-7,10H2,1-3H3,(H,18,21). The van der Waals surface area contributed by atoms with Gasteiger partial charge in [-0.15, -0.1) is 0 Å². The van der Waals surface area contributed by atoms with Gasteiger partial charge in [-0.25, -0.2) is 8.42 Å². The Bertz CT molecular complexity index is 832. The number of benzene rings is 1. The van der Waals surface area contributed by atoms with Crippen molar-refractivity contribution < 1.29 is 13.2 Å². The molecule has 0 aliphatic carbocycles. The zero-order valence-electron chi connectivity index (χ0n) is 14.0. The predicted octanol–water partition coefficient (Wildman–Crippen LogP) is 2.26. The summed E-state index contributed by atoms with van der Waals surface area (Å²) in [7, 11) is -1.29.